The Labute approximate surface area is 78.9 Å². The molecule has 2 heteroatoms. The van der Waals surface area contributed by atoms with E-state index < -0.39 is 0 Å². The maximum absolute atomic E-state index is 3.21. The summed E-state index contributed by atoms with van der Waals surface area (Å²) in [5, 5.41) is 3.21. The lowest BCUT2D eigenvalue weighted by Gasteiger charge is -2.26. The first-order valence-electron chi connectivity index (χ1n) is 4.51. The molecule has 1 aromatic carbocycles. The monoisotopic (exact) mass is 174 g/mol. The van der Waals surface area contributed by atoms with Crippen molar-refractivity contribution in [3.8, 4) is 0 Å². The fraction of sp³-hybridized carbons (Fsp3) is 0.273. The largest absolute Gasteiger partial charge is 0.386 e. The van der Waals surface area contributed by atoms with Crippen molar-refractivity contribution in [2.75, 3.05) is 30.9 Å². The number of hydrogen-bond donors (Lipinski definition) is 1. The number of benzene rings is 1. The van der Waals surface area contributed by atoms with E-state index in [0.29, 0.717) is 0 Å². The van der Waals surface area contributed by atoms with Gasteiger partial charge in [-0.05, 0) is 11.6 Å². The average molecular weight is 174 g/mol. The van der Waals surface area contributed by atoms with E-state index in [-0.39, 0.29) is 0 Å². The summed E-state index contributed by atoms with van der Waals surface area (Å²) in [6, 6.07) is 6.32. The number of rotatable bonds is 1. The maximum Gasteiger partial charge on any atom is 0.0675 e. The molecule has 1 aliphatic heterocycles. The first kappa shape index (κ1) is 8.17. The fourth-order valence-corrected chi connectivity index (χ4v) is 1.75. The van der Waals surface area contributed by atoms with Crippen molar-refractivity contribution in [2.45, 2.75) is 0 Å². The number of anilines is 2. The smallest absolute Gasteiger partial charge is 0.0675 e. The van der Waals surface area contributed by atoms with Gasteiger partial charge in [-0.3, -0.25) is 0 Å². The second-order valence-electron chi connectivity index (χ2n) is 3.28. The van der Waals surface area contributed by atoms with Crippen LogP contribution in [-0.4, -0.2) is 20.6 Å². The van der Waals surface area contributed by atoms with Gasteiger partial charge in [-0.15, -0.1) is 0 Å². The van der Waals surface area contributed by atoms with Gasteiger partial charge >= 0.3 is 0 Å². The summed E-state index contributed by atoms with van der Waals surface area (Å²) < 4.78 is 0. The molecule has 1 heterocycles. The summed E-state index contributed by atoms with van der Waals surface area (Å²) in [7, 11) is 4.07. The zero-order valence-corrected chi connectivity index (χ0v) is 8.04. The lowest BCUT2D eigenvalue weighted by molar-refractivity contribution is 1.02. The van der Waals surface area contributed by atoms with Crippen molar-refractivity contribution >= 4 is 17.5 Å². The molecule has 0 saturated heterocycles. The Morgan fingerprint density at radius 2 is 2.23 bits per heavy atom. The van der Waals surface area contributed by atoms with Gasteiger partial charge in [0, 0.05) is 20.6 Å². The molecule has 0 atom stereocenters. The first-order chi connectivity index (χ1) is 6.33. The van der Waals surface area contributed by atoms with E-state index in [1.54, 1.807) is 0 Å². The predicted octanol–water partition coefficient (Wildman–Crippen LogP) is 2.19. The Balaban J connectivity index is 2.58. The molecule has 1 N–H and O–H groups in total. The molecule has 13 heavy (non-hydrogen) atoms. The van der Waals surface area contributed by atoms with Gasteiger partial charge in [0.1, 0.15) is 0 Å². The highest BCUT2D eigenvalue weighted by molar-refractivity contribution is 5.82. The highest BCUT2D eigenvalue weighted by Gasteiger charge is 2.12. The molecule has 0 amide bonds. The highest BCUT2D eigenvalue weighted by atomic mass is 15.1. The molecular weight excluding hydrogens is 160 g/mol. The number of nitrogens with zero attached hydrogens (tertiary/aromatic N) is 1. The van der Waals surface area contributed by atoms with Crippen LogP contribution in [0.25, 0.3) is 6.08 Å². The van der Waals surface area contributed by atoms with Crippen LogP contribution < -0.4 is 10.2 Å². The molecular formula is C11H14N2. The molecule has 0 spiro atoms. The first-order valence-corrected chi connectivity index (χ1v) is 4.51. The van der Waals surface area contributed by atoms with Crippen LogP contribution >= 0.6 is 0 Å². The summed E-state index contributed by atoms with van der Waals surface area (Å²) in [6.45, 7) is 0.992. The van der Waals surface area contributed by atoms with E-state index in [9.17, 15) is 0 Å². The third-order valence-electron chi connectivity index (χ3n) is 2.39. The average Bonchev–Trinajstić information content (AvgIpc) is 2.17. The van der Waals surface area contributed by atoms with Gasteiger partial charge in [-0.25, -0.2) is 0 Å². The van der Waals surface area contributed by atoms with Crippen LogP contribution in [-0.2, 0) is 0 Å². The Kier molecular flexibility index (Phi) is 1.97. The van der Waals surface area contributed by atoms with Crippen molar-refractivity contribution in [1.82, 2.24) is 0 Å². The quantitative estimate of drug-likeness (QED) is 0.702. The summed E-state index contributed by atoms with van der Waals surface area (Å²) in [5.74, 6) is 0. The Morgan fingerprint density at radius 3 is 3.00 bits per heavy atom. The van der Waals surface area contributed by atoms with Gasteiger partial charge in [0.2, 0.25) is 0 Å². The number of fused-ring (bicyclic) bond motifs is 1. The number of likely N-dealkylation sites (N-methyl/N-ethyl adjacent to an activating group) is 1. The van der Waals surface area contributed by atoms with Crippen molar-refractivity contribution < 1.29 is 0 Å². The third-order valence-corrected chi connectivity index (χ3v) is 2.39. The molecule has 1 aliphatic rings. The molecule has 1 aromatic rings. The van der Waals surface area contributed by atoms with E-state index in [0.717, 1.165) is 6.54 Å². The molecule has 0 aliphatic carbocycles. The van der Waals surface area contributed by atoms with Crippen LogP contribution in [0.1, 0.15) is 5.56 Å². The lowest BCUT2D eigenvalue weighted by atomic mass is 10.1. The molecule has 0 fully saturated rings. The van der Waals surface area contributed by atoms with Gasteiger partial charge < -0.3 is 10.2 Å². The predicted molar refractivity (Wildman–Crippen MR) is 58.3 cm³/mol. The van der Waals surface area contributed by atoms with Crippen LogP contribution in [0, 0.1) is 0 Å². The second-order valence-corrected chi connectivity index (χ2v) is 3.28. The van der Waals surface area contributed by atoms with Crippen LogP contribution in [0.4, 0.5) is 11.4 Å². The van der Waals surface area contributed by atoms with Crippen molar-refractivity contribution in [3.05, 3.63) is 29.8 Å². The van der Waals surface area contributed by atoms with Crippen LogP contribution in [0.15, 0.2) is 24.3 Å². The summed E-state index contributed by atoms with van der Waals surface area (Å²) in [6.07, 6.45) is 4.36. The van der Waals surface area contributed by atoms with E-state index in [1.165, 1.54) is 16.9 Å². The minimum absolute atomic E-state index is 0.992. The zero-order valence-electron chi connectivity index (χ0n) is 8.04. The van der Waals surface area contributed by atoms with E-state index in [2.05, 4.69) is 47.6 Å². The second kappa shape index (κ2) is 3.13. The number of nitrogens with one attached hydrogen (secondary N) is 1. The Bertz CT molecular complexity index is 342. The molecule has 0 aromatic heterocycles. The molecule has 0 bridgehead atoms. The standard InChI is InChI=1S/C11H14N2/c1-12-10-7-3-5-9-6-4-8-13(2)11(9)10/h3-7,12H,8H2,1-2H3. The maximum atomic E-state index is 3.21. The van der Waals surface area contributed by atoms with Gasteiger partial charge in [-0.2, -0.15) is 0 Å². The van der Waals surface area contributed by atoms with Crippen LogP contribution in [0.5, 0.6) is 0 Å². The fourth-order valence-electron chi connectivity index (χ4n) is 1.75. The van der Waals surface area contributed by atoms with Gasteiger partial charge in [0.25, 0.3) is 0 Å². The van der Waals surface area contributed by atoms with Crippen molar-refractivity contribution in [1.29, 1.82) is 0 Å². The van der Waals surface area contributed by atoms with E-state index >= 15 is 0 Å². The van der Waals surface area contributed by atoms with Crippen molar-refractivity contribution in [3.63, 3.8) is 0 Å². The van der Waals surface area contributed by atoms with Gasteiger partial charge in [0.05, 0.1) is 11.4 Å². The minimum atomic E-state index is 0.992. The summed E-state index contributed by atoms with van der Waals surface area (Å²) in [4.78, 5) is 2.25. The van der Waals surface area contributed by atoms with Crippen molar-refractivity contribution in [2.24, 2.45) is 0 Å². The summed E-state index contributed by atoms with van der Waals surface area (Å²) in [5.41, 5.74) is 3.79. The molecule has 0 unspecified atom stereocenters. The Hall–Kier alpha value is -1.44. The molecule has 2 rings (SSSR count). The van der Waals surface area contributed by atoms with Crippen LogP contribution in [0.2, 0.25) is 0 Å². The zero-order chi connectivity index (χ0) is 9.26. The topological polar surface area (TPSA) is 15.3 Å². The molecule has 0 saturated carbocycles. The highest BCUT2D eigenvalue weighted by Crippen LogP contribution is 2.32. The van der Waals surface area contributed by atoms with Gasteiger partial charge in [0.15, 0.2) is 0 Å². The minimum Gasteiger partial charge on any atom is -0.386 e. The number of hydrogen-bond acceptors (Lipinski definition) is 2. The molecule has 68 valence electrons. The molecule has 0 radical (unpaired) electrons. The van der Waals surface area contributed by atoms with E-state index in [1.807, 2.05) is 7.05 Å². The number of para-hydroxylation sites is 1. The van der Waals surface area contributed by atoms with Gasteiger partial charge in [-0.1, -0.05) is 24.3 Å². The summed E-state index contributed by atoms with van der Waals surface area (Å²) >= 11 is 0. The Morgan fingerprint density at radius 1 is 1.38 bits per heavy atom. The molecule has 2 nitrogen and oxygen atoms in total. The van der Waals surface area contributed by atoms with E-state index in [4.69, 9.17) is 0 Å². The normalized spacial score (nSPS) is 14.2. The van der Waals surface area contributed by atoms with Crippen LogP contribution in [0.3, 0.4) is 0 Å². The third kappa shape index (κ3) is 1.28. The lowest BCUT2D eigenvalue weighted by Crippen LogP contribution is -2.21. The SMILES string of the molecule is CNc1cccc2c1N(C)CC=C2.